The molecule has 0 aromatic rings. The highest BCUT2D eigenvalue weighted by atomic mass is 15.1. The van der Waals surface area contributed by atoms with Crippen LogP contribution in [0.2, 0.25) is 0 Å². The lowest BCUT2D eigenvalue weighted by molar-refractivity contribution is 0.0668. The van der Waals surface area contributed by atoms with E-state index >= 15 is 0 Å². The molecule has 98 valence electrons. The van der Waals surface area contributed by atoms with Crippen LogP contribution in [0.15, 0.2) is 0 Å². The molecule has 1 spiro atoms. The van der Waals surface area contributed by atoms with Crippen molar-refractivity contribution in [1.82, 2.24) is 15.5 Å². The third-order valence-electron chi connectivity index (χ3n) is 5.26. The van der Waals surface area contributed by atoms with Gasteiger partial charge >= 0.3 is 0 Å². The lowest BCUT2D eigenvalue weighted by Crippen LogP contribution is -2.46. The van der Waals surface area contributed by atoms with Crippen LogP contribution in [0.1, 0.15) is 32.1 Å². The van der Waals surface area contributed by atoms with Gasteiger partial charge in [-0.25, -0.2) is 0 Å². The van der Waals surface area contributed by atoms with E-state index in [1.165, 1.54) is 77.9 Å². The molecule has 3 saturated heterocycles. The fourth-order valence-electron chi connectivity index (χ4n) is 3.90. The van der Waals surface area contributed by atoms with Crippen LogP contribution in [-0.4, -0.2) is 50.7 Å². The topological polar surface area (TPSA) is 27.3 Å². The number of nitrogens with zero attached hydrogens (tertiary/aromatic N) is 1. The van der Waals surface area contributed by atoms with Crippen molar-refractivity contribution in [2.24, 2.45) is 11.3 Å². The highest BCUT2D eigenvalue weighted by Crippen LogP contribution is 2.39. The second-order valence-electron chi connectivity index (χ2n) is 6.41. The van der Waals surface area contributed by atoms with Crippen molar-refractivity contribution >= 4 is 0 Å². The fourth-order valence-corrected chi connectivity index (χ4v) is 3.90. The predicted molar refractivity (Wildman–Crippen MR) is 71.2 cm³/mol. The van der Waals surface area contributed by atoms with Crippen LogP contribution in [0.25, 0.3) is 0 Å². The molecule has 0 amide bonds. The van der Waals surface area contributed by atoms with Gasteiger partial charge in [0.25, 0.3) is 0 Å². The van der Waals surface area contributed by atoms with Gasteiger partial charge in [-0.3, -0.25) is 0 Å². The average Bonchev–Trinajstić information content (AvgIpc) is 2.87. The van der Waals surface area contributed by atoms with Crippen LogP contribution < -0.4 is 10.6 Å². The standard InChI is InChI=1S/C14H27N3/c1-6-16-11-13(1)12-17-9-4-14(5-10-17)2-7-15-8-3-14/h13,15-16H,1-12H2. The van der Waals surface area contributed by atoms with Crippen LogP contribution in [0, 0.1) is 11.3 Å². The van der Waals surface area contributed by atoms with Crippen LogP contribution in [0.3, 0.4) is 0 Å². The molecule has 17 heavy (non-hydrogen) atoms. The van der Waals surface area contributed by atoms with E-state index in [0.717, 1.165) is 11.3 Å². The van der Waals surface area contributed by atoms with Gasteiger partial charge in [0.2, 0.25) is 0 Å². The first-order valence-corrected chi connectivity index (χ1v) is 7.50. The second kappa shape index (κ2) is 5.25. The third-order valence-corrected chi connectivity index (χ3v) is 5.26. The summed E-state index contributed by atoms with van der Waals surface area (Å²) in [5.41, 5.74) is 0.718. The molecule has 0 bridgehead atoms. The largest absolute Gasteiger partial charge is 0.317 e. The highest BCUT2D eigenvalue weighted by molar-refractivity contribution is 4.90. The summed E-state index contributed by atoms with van der Waals surface area (Å²) in [6.07, 6.45) is 7.15. The van der Waals surface area contributed by atoms with E-state index in [1.807, 2.05) is 0 Å². The number of piperidine rings is 2. The molecule has 3 nitrogen and oxygen atoms in total. The SMILES string of the molecule is C1CC2(CCN1)CCN(CC1CCNC1)CC2. The van der Waals surface area contributed by atoms with E-state index in [4.69, 9.17) is 0 Å². The summed E-state index contributed by atoms with van der Waals surface area (Å²) in [4.78, 5) is 2.73. The molecule has 0 radical (unpaired) electrons. The number of likely N-dealkylation sites (tertiary alicyclic amines) is 1. The molecule has 0 aliphatic carbocycles. The minimum Gasteiger partial charge on any atom is -0.317 e. The minimum atomic E-state index is 0.718. The number of nitrogens with one attached hydrogen (secondary N) is 2. The molecule has 1 atom stereocenters. The Morgan fingerprint density at radius 1 is 0.941 bits per heavy atom. The maximum absolute atomic E-state index is 3.50. The smallest absolute Gasteiger partial charge is 0.00223 e. The number of rotatable bonds is 2. The summed E-state index contributed by atoms with van der Waals surface area (Å²) in [6.45, 7) is 9.08. The molecule has 1 unspecified atom stereocenters. The van der Waals surface area contributed by atoms with E-state index in [-0.39, 0.29) is 0 Å². The third kappa shape index (κ3) is 2.83. The molecule has 3 heterocycles. The monoisotopic (exact) mass is 237 g/mol. The van der Waals surface area contributed by atoms with Crippen molar-refractivity contribution in [2.75, 3.05) is 45.8 Å². The molecule has 0 aromatic carbocycles. The van der Waals surface area contributed by atoms with E-state index in [2.05, 4.69) is 15.5 Å². The van der Waals surface area contributed by atoms with Crippen molar-refractivity contribution < 1.29 is 0 Å². The van der Waals surface area contributed by atoms with E-state index in [0.29, 0.717) is 0 Å². The van der Waals surface area contributed by atoms with Gasteiger partial charge in [-0.05, 0) is 82.7 Å². The van der Waals surface area contributed by atoms with Crippen molar-refractivity contribution in [1.29, 1.82) is 0 Å². The Hall–Kier alpha value is -0.120. The summed E-state index contributed by atoms with van der Waals surface area (Å²) < 4.78 is 0. The van der Waals surface area contributed by atoms with E-state index in [9.17, 15) is 0 Å². The van der Waals surface area contributed by atoms with Gasteiger partial charge in [0, 0.05) is 6.54 Å². The first-order chi connectivity index (χ1) is 8.36. The number of hydrogen-bond acceptors (Lipinski definition) is 3. The molecular weight excluding hydrogens is 210 g/mol. The molecule has 0 aromatic heterocycles. The Bertz CT molecular complexity index is 232. The van der Waals surface area contributed by atoms with Crippen molar-refractivity contribution in [3.8, 4) is 0 Å². The van der Waals surface area contributed by atoms with Crippen LogP contribution >= 0.6 is 0 Å². The van der Waals surface area contributed by atoms with Crippen molar-refractivity contribution in [3.63, 3.8) is 0 Å². The van der Waals surface area contributed by atoms with Gasteiger partial charge in [-0.2, -0.15) is 0 Å². The first-order valence-electron chi connectivity index (χ1n) is 7.50. The fraction of sp³-hybridized carbons (Fsp3) is 1.00. The van der Waals surface area contributed by atoms with Crippen molar-refractivity contribution in [2.45, 2.75) is 32.1 Å². The predicted octanol–water partition coefficient (Wildman–Crippen LogP) is 1.06. The van der Waals surface area contributed by atoms with Gasteiger partial charge in [0.05, 0.1) is 0 Å². The highest BCUT2D eigenvalue weighted by Gasteiger charge is 2.35. The summed E-state index contributed by atoms with van der Waals surface area (Å²) in [5.74, 6) is 0.928. The lowest BCUT2D eigenvalue weighted by Gasteiger charge is -2.45. The Kier molecular flexibility index (Phi) is 3.69. The van der Waals surface area contributed by atoms with E-state index in [1.54, 1.807) is 0 Å². The molecule has 3 fully saturated rings. The van der Waals surface area contributed by atoms with Gasteiger partial charge < -0.3 is 15.5 Å². The van der Waals surface area contributed by atoms with Crippen molar-refractivity contribution in [3.05, 3.63) is 0 Å². The zero-order chi connectivity index (χ0) is 11.6. The van der Waals surface area contributed by atoms with Gasteiger partial charge in [0.1, 0.15) is 0 Å². The molecule has 0 saturated carbocycles. The zero-order valence-corrected chi connectivity index (χ0v) is 11.0. The maximum Gasteiger partial charge on any atom is 0.00223 e. The lowest BCUT2D eigenvalue weighted by atomic mass is 9.71. The molecule has 3 aliphatic rings. The molecule has 3 heteroatoms. The maximum atomic E-state index is 3.50. The molecular formula is C14H27N3. The summed E-state index contributed by atoms with van der Waals surface area (Å²) in [5, 5.41) is 6.99. The summed E-state index contributed by atoms with van der Waals surface area (Å²) in [7, 11) is 0. The number of hydrogen-bond donors (Lipinski definition) is 2. The zero-order valence-electron chi connectivity index (χ0n) is 11.0. The summed E-state index contributed by atoms with van der Waals surface area (Å²) >= 11 is 0. The second-order valence-corrected chi connectivity index (χ2v) is 6.41. The first kappa shape index (κ1) is 11.9. The summed E-state index contributed by atoms with van der Waals surface area (Å²) in [6, 6.07) is 0. The van der Waals surface area contributed by atoms with Crippen LogP contribution in [-0.2, 0) is 0 Å². The Balaban J connectivity index is 1.46. The average molecular weight is 237 g/mol. The Morgan fingerprint density at radius 2 is 1.71 bits per heavy atom. The van der Waals surface area contributed by atoms with Gasteiger partial charge in [0.15, 0.2) is 0 Å². The van der Waals surface area contributed by atoms with Crippen LogP contribution in [0.4, 0.5) is 0 Å². The normalized spacial score (nSPS) is 34.2. The van der Waals surface area contributed by atoms with Gasteiger partial charge in [-0.1, -0.05) is 0 Å². The quantitative estimate of drug-likeness (QED) is 0.752. The minimum absolute atomic E-state index is 0.718. The molecule has 2 N–H and O–H groups in total. The van der Waals surface area contributed by atoms with Crippen LogP contribution in [0.5, 0.6) is 0 Å². The Labute approximate surface area is 105 Å². The molecule has 3 aliphatic heterocycles. The van der Waals surface area contributed by atoms with Gasteiger partial charge in [-0.15, -0.1) is 0 Å². The van der Waals surface area contributed by atoms with E-state index < -0.39 is 0 Å². The molecule has 3 rings (SSSR count). The Morgan fingerprint density at radius 3 is 2.35 bits per heavy atom.